The highest BCUT2D eigenvalue weighted by Gasteiger charge is 2.18. The molecule has 0 radical (unpaired) electrons. The van der Waals surface area contributed by atoms with Gasteiger partial charge in [-0.15, -0.1) is 11.8 Å². The molecule has 0 saturated heterocycles. The zero-order valence-electron chi connectivity index (χ0n) is 14.5. The third-order valence-corrected chi connectivity index (χ3v) is 4.75. The van der Waals surface area contributed by atoms with Crippen molar-refractivity contribution in [3.8, 4) is 0 Å². The van der Waals surface area contributed by atoms with Crippen LogP contribution in [-0.2, 0) is 4.74 Å². The summed E-state index contributed by atoms with van der Waals surface area (Å²) in [6, 6.07) is 14.0. The maximum atomic E-state index is 12.4. The first-order valence-electron chi connectivity index (χ1n) is 8.11. The number of nitrogens with zero attached hydrogens (tertiary/aromatic N) is 1. The molecule has 0 fully saturated rings. The van der Waals surface area contributed by atoms with E-state index in [1.54, 1.807) is 24.9 Å². The Morgan fingerprint density at radius 2 is 2.00 bits per heavy atom. The van der Waals surface area contributed by atoms with Crippen LogP contribution in [0.15, 0.2) is 53.6 Å². The lowest BCUT2D eigenvalue weighted by atomic mass is 10.1. The van der Waals surface area contributed by atoms with Crippen LogP contribution in [0.4, 0.5) is 11.4 Å². The largest absolute Gasteiger partial charge is 0.462 e. The van der Waals surface area contributed by atoms with E-state index in [0.717, 1.165) is 32.7 Å². The summed E-state index contributed by atoms with van der Waals surface area (Å²) < 4.78 is 5.22. The smallest absolute Gasteiger partial charge is 0.341 e. The van der Waals surface area contributed by atoms with Gasteiger partial charge in [0.05, 0.1) is 17.8 Å². The average molecular weight is 352 g/mol. The average Bonchev–Trinajstić information content (AvgIpc) is 2.63. The quantitative estimate of drug-likeness (QED) is 0.506. The van der Waals surface area contributed by atoms with Crippen LogP contribution >= 0.6 is 11.8 Å². The van der Waals surface area contributed by atoms with E-state index in [0.29, 0.717) is 12.2 Å². The molecule has 0 amide bonds. The Hall–Kier alpha value is -2.53. The number of aromatic nitrogens is 1. The van der Waals surface area contributed by atoms with Crippen molar-refractivity contribution < 1.29 is 9.53 Å². The fraction of sp³-hybridized carbons (Fsp3) is 0.200. The zero-order valence-corrected chi connectivity index (χ0v) is 15.3. The van der Waals surface area contributed by atoms with Gasteiger partial charge in [0.1, 0.15) is 5.56 Å². The molecule has 1 heterocycles. The normalized spacial score (nSPS) is 10.7. The van der Waals surface area contributed by atoms with Crippen molar-refractivity contribution in [3.63, 3.8) is 0 Å². The number of benzene rings is 2. The number of pyridine rings is 1. The maximum absolute atomic E-state index is 12.4. The minimum absolute atomic E-state index is 0.325. The van der Waals surface area contributed by atoms with Gasteiger partial charge in [-0.2, -0.15) is 0 Å². The number of ether oxygens (including phenoxy) is 1. The van der Waals surface area contributed by atoms with E-state index in [9.17, 15) is 4.79 Å². The minimum Gasteiger partial charge on any atom is -0.462 e. The Balaban J connectivity index is 2.22. The van der Waals surface area contributed by atoms with Gasteiger partial charge in [0.25, 0.3) is 0 Å². The van der Waals surface area contributed by atoms with Gasteiger partial charge in [-0.25, -0.2) is 4.79 Å². The number of hydrogen-bond donors (Lipinski definition) is 1. The second-order valence-electron chi connectivity index (χ2n) is 5.56. The number of carbonyl (C=O) groups is 1. The maximum Gasteiger partial charge on any atom is 0.341 e. The summed E-state index contributed by atoms with van der Waals surface area (Å²) in [7, 11) is 0. The van der Waals surface area contributed by atoms with Crippen LogP contribution in [-0.4, -0.2) is 23.8 Å². The number of para-hydroxylation sites is 2. The molecule has 2 aromatic carbocycles. The van der Waals surface area contributed by atoms with Gasteiger partial charge in [-0.3, -0.25) is 4.98 Å². The number of aryl methyl sites for hydroxylation is 1. The Bertz CT molecular complexity index is 925. The lowest BCUT2D eigenvalue weighted by molar-refractivity contribution is 0.0527. The number of anilines is 2. The topological polar surface area (TPSA) is 51.2 Å². The molecule has 0 aliphatic heterocycles. The third kappa shape index (κ3) is 3.46. The second kappa shape index (κ2) is 7.57. The van der Waals surface area contributed by atoms with Crippen LogP contribution in [0.1, 0.15) is 22.8 Å². The van der Waals surface area contributed by atoms with Gasteiger partial charge in [0.2, 0.25) is 0 Å². The molecule has 1 N–H and O–H groups in total. The van der Waals surface area contributed by atoms with Gasteiger partial charge in [0, 0.05) is 22.2 Å². The summed E-state index contributed by atoms with van der Waals surface area (Å²) in [5.41, 5.74) is 4.10. The molecule has 0 saturated carbocycles. The lowest BCUT2D eigenvalue weighted by Gasteiger charge is -2.16. The van der Waals surface area contributed by atoms with Gasteiger partial charge in [-0.1, -0.05) is 30.3 Å². The number of thioether (sulfide) groups is 1. The van der Waals surface area contributed by atoms with Crippen LogP contribution in [0.25, 0.3) is 10.9 Å². The number of nitrogens with one attached hydrogen (secondary N) is 1. The van der Waals surface area contributed by atoms with Gasteiger partial charge >= 0.3 is 5.97 Å². The Labute approximate surface area is 151 Å². The summed E-state index contributed by atoms with van der Waals surface area (Å²) in [6.45, 7) is 4.15. The third-order valence-electron chi connectivity index (χ3n) is 3.98. The molecule has 128 valence electrons. The van der Waals surface area contributed by atoms with Gasteiger partial charge < -0.3 is 10.1 Å². The van der Waals surface area contributed by atoms with E-state index in [1.165, 1.54) is 0 Å². The molecule has 0 aliphatic rings. The highest BCUT2D eigenvalue weighted by atomic mass is 32.2. The Morgan fingerprint density at radius 3 is 2.72 bits per heavy atom. The molecule has 0 bridgehead atoms. The van der Waals surface area contributed by atoms with E-state index in [-0.39, 0.29) is 5.97 Å². The van der Waals surface area contributed by atoms with Crippen molar-refractivity contribution in [1.29, 1.82) is 0 Å². The van der Waals surface area contributed by atoms with Crippen LogP contribution in [0.2, 0.25) is 0 Å². The first kappa shape index (κ1) is 17.3. The van der Waals surface area contributed by atoms with Crippen molar-refractivity contribution in [2.75, 3.05) is 18.2 Å². The van der Waals surface area contributed by atoms with Crippen molar-refractivity contribution in [2.45, 2.75) is 18.7 Å². The molecule has 3 aromatic rings. The summed E-state index contributed by atoms with van der Waals surface area (Å²) in [6.07, 6.45) is 3.62. The highest BCUT2D eigenvalue weighted by molar-refractivity contribution is 7.98. The minimum atomic E-state index is -0.373. The molecule has 1 aromatic heterocycles. The van der Waals surface area contributed by atoms with E-state index < -0.39 is 0 Å². The lowest BCUT2D eigenvalue weighted by Crippen LogP contribution is -2.09. The highest BCUT2D eigenvalue weighted by Crippen LogP contribution is 2.34. The van der Waals surface area contributed by atoms with E-state index in [4.69, 9.17) is 4.74 Å². The molecular weight excluding hydrogens is 332 g/mol. The van der Waals surface area contributed by atoms with E-state index in [1.807, 2.05) is 55.6 Å². The molecule has 3 rings (SSSR count). The van der Waals surface area contributed by atoms with Crippen LogP contribution in [0.5, 0.6) is 0 Å². The molecule has 5 heteroatoms. The van der Waals surface area contributed by atoms with Crippen molar-refractivity contribution in [3.05, 3.63) is 59.8 Å². The first-order valence-corrected chi connectivity index (χ1v) is 9.33. The molecule has 0 atom stereocenters. The SMILES string of the molecule is CCOC(=O)c1cnc2c(SC)cccc2c1Nc1ccccc1C. The summed E-state index contributed by atoms with van der Waals surface area (Å²) >= 11 is 1.63. The van der Waals surface area contributed by atoms with E-state index >= 15 is 0 Å². The number of hydrogen-bond acceptors (Lipinski definition) is 5. The van der Waals surface area contributed by atoms with Gasteiger partial charge in [0.15, 0.2) is 0 Å². The monoisotopic (exact) mass is 352 g/mol. The van der Waals surface area contributed by atoms with Crippen LogP contribution in [0.3, 0.4) is 0 Å². The summed E-state index contributed by atoms with van der Waals surface area (Å²) in [5, 5.41) is 4.33. The van der Waals surface area contributed by atoms with Crippen LogP contribution < -0.4 is 5.32 Å². The van der Waals surface area contributed by atoms with Crippen molar-refractivity contribution >= 4 is 40.0 Å². The summed E-state index contributed by atoms with van der Waals surface area (Å²) in [4.78, 5) is 18.0. The fourth-order valence-corrected chi connectivity index (χ4v) is 3.28. The van der Waals surface area contributed by atoms with E-state index in [2.05, 4.69) is 10.3 Å². The predicted octanol–water partition coefficient (Wildman–Crippen LogP) is 5.19. The Morgan fingerprint density at radius 1 is 1.20 bits per heavy atom. The number of carbonyl (C=O) groups excluding carboxylic acids is 1. The van der Waals surface area contributed by atoms with Gasteiger partial charge in [-0.05, 0) is 37.8 Å². The van der Waals surface area contributed by atoms with Crippen molar-refractivity contribution in [1.82, 2.24) is 4.98 Å². The van der Waals surface area contributed by atoms with Crippen molar-refractivity contribution in [2.24, 2.45) is 0 Å². The second-order valence-corrected chi connectivity index (χ2v) is 6.41. The molecule has 0 spiro atoms. The predicted molar refractivity (Wildman–Crippen MR) is 104 cm³/mol. The number of fused-ring (bicyclic) bond motifs is 1. The molecular formula is C20H20N2O2S. The number of rotatable bonds is 5. The summed E-state index contributed by atoms with van der Waals surface area (Å²) in [5.74, 6) is -0.373. The van der Waals surface area contributed by atoms with Crippen LogP contribution in [0, 0.1) is 6.92 Å². The molecule has 0 aliphatic carbocycles. The molecule has 4 nitrogen and oxygen atoms in total. The standard InChI is InChI=1S/C20H20N2O2S/c1-4-24-20(23)15-12-21-19-14(9-7-11-17(19)25-3)18(15)22-16-10-6-5-8-13(16)2/h5-12H,4H2,1-3H3,(H,21,22). The molecule has 0 unspecified atom stereocenters. The molecule has 25 heavy (non-hydrogen) atoms. The zero-order chi connectivity index (χ0) is 17.8. The first-order chi connectivity index (χ1) is 12.2. The number of esters is 1. The fourth-order valence-electron chi connectivity index (χ4n) is 2.71. The Kier molecular flexibility index (Phi) is 5.24.